The highest BCUT2D eigenvalue weighted by Gasteiger charge is 2.13. The van der Waals surface area contributed by atoms with Crippen molar-refractivity contribution in [1.82, 2.24) is 15.5 Å². The monoisotopic (exact) mass is 341 g/mol. The zero-order valence-corrected chi connectivity index (χ0v) is 14.5. The minimum absolute atomic E-state index is 0.0145. The summed E-state index contributed by atoms with van der Waals surface area (Å²) in [7, 11) is 0. The fourth-order valence-corrected chi connectivity index (χ4v) is 3.01. The van der Waals surface area contributed by atoms with Gasteiger partial charge in [0.05, 0.1) is 10.4 Å². The number of carbonyl (C=O) groups excluding carboxylic acids is 1. The molecule has 0 aliphatic rings. The van der Waals surface area contributed by atoms with Crippen molar-refractivity contribution in [1.29, 1.82) is 0 Å². The third-order valence-corrected chi connectivity index (χ3v) is 4.61. The summed E-state index contributed by atoms with van der Waals surface area (Å²) in [5, 5.41) is 6.87. The standard InChI is InChI=1S/C15H20ClN3O2S/c1-9(2)15-18-14(21-19-15)6-4-5-13(20)17-10(3)11-7-8-12(16)22-11/h7-10H,4-6H2,1-3H3,(H,17,20). The van der Waals surface area contributed by atoms with Crippen molar-refractivity contribution in [3.63, 3.8) is 0 Å². The molecule has 0 bridgehead atoms. The third kappa shape index (κ3) is 4.81. The van der Waals surface area contributed by atoms with Gasteiger partial charge in [0.15, 0.2) is 5.82 Å². The lowest BCUT2D eigenvalue weighted by Crippen LogP contribution is -2.25. The van der Waals surface area contributed by atoms with Crippen molar-refractivity contribution in [2.75, 3.05) is 0 Å². The van der Waals surface area contributed by atoms with Crippen LogP contribution in [0.25, 0.3) is 0 Å². The molecular weight excluding hydrogens is 322 g/mol. The normalized spacial score (nSPS) is 12.6. The highest BCUT2D eigenvalue weighted by atomic mass is 35.5. The van der Waals surface area contributed by atoms with Crippen molar-refractivity contribution < 1.29 is 9.32 Å². The Bertz CT molecular complexity index is 624. The Morgan fingerprint density at radius 2 is 2.18 bits per heavy atom. The van der Waals surface area contributed by atoms with Crippen LogP contribution in [0.3, 0.4) is 0 Å². The van der Waals surface area contributed by atoms with E-state index in [4.69, 9.17) is 16.1 Å². The molecule has 0 saturated carbocycles. The summed E-state index contributed by atoms with van der Waals surface area (Å²) in [6, 6.07) is 3.75. The number of amides is 1. The van der Waals surface area contributed by atoms with Gasteiger partial charge in [0, 0.05) is 23.6 Å². The number of thiophene rings is 1. The highest BCUT2D eigenvalue weighted by molar-refractivity contribution is 7.16. The molecule has 22 heavy (non-hydrogen) atoms. The quantitative estimate of drug-likeness (QED) is 0.822. The molecule has 2 aromatic heterocycles. The topological polar surface area (TPSA) is 68.0 Å². The van der Waals surface area contributed by atoms with Crippen LogP contribution in [-0.4, -0.2) is 16.0 Å². The maximum absolute atomic E-state index is 11.9. The van der Waals surface area contributed by atoms with Crippen molar-refractivity contribution in [2.24, 2.45) is 0 Å². The van der Waals surface area contributed by atoms with E-state index < -0.39 is 0 Å². The summed E-state index contributed by atoms with van der Waals surface area (Å²) < 4.78 is 5.89. The fraction of sp³-hybridized carbons (Fsp3) is 0.533. The Labute approximate surface area is 139 Å². The molecule has 1 atom stereocenters. The molecule has 2 aromatic rings. The maximum atomic E-state index is 11.9. The number of nitrogens with zero attached hydrogens (tertiary/aromatic N) is 2. The second-order valence-corrected chi connectivity index (χ2v) is 7.23. The smallest absolute Gasteiger partial charge is 0.226 e. The molecule has 1 unspecified atom stereocenters. The molecule has 0 saturated heterocycles. The van der Waals surface area contributed by atoms with Gasteiger partial charge >= 0.3 is 0 Å². The van der Waals surface area contributed by atoms with E-state index in [9.17, 15) is 4.79 Å². The molecule has 0 spiro atoms. The number of rotatable bonds is 7. The Hall–Kier alpha value is -1.40. The minimum atomic E-state index is -0.0269. The van der Waals surface area contributed by atoms with E-state index in [0.29, 0.717) is 31.0 Å². The Morgan fingerprint density at radius 1 is 1.41 bits per heavy atom. The fourth-order valence-electron chi connectivity index (χ4n) is 1.95. The van der Waals surface area contributed by atoms with E-state index in [1.807, 2.05) is 32.9 Å². The van der Waals surface area contributed by atoms with Gasteiger partial charge in [-0.25, -0.2) is 0 Å². The van der Waals surface area contributed by atoms with Crippen LogP contribution in [0.15, 0.2) is 16.7 Å². The van der Waals surface area contributed by atoms with Crippen LogP contribution in [0, 0.1) is 0 Å². The van der Waals surface area contributed by atoms with Crippen LogP contribution in [0.2, 0.25) is 4.34 Å². The predicted octanol–water partition coefficient (Wildman–Crippen LogP) is 4.11. The SMILES string of the molecule is CC(C)c1noc(CCCC(=O)NC(C)c2ccc(Cl)s2)n1. The molecule has 2 rings (SSSR count). The average molecular weight is 342 g/mol. The molecule has 0 radical (unpaired) electrons. The van der Waals surface area contributed by atoms with Gasteiger partial charge in [0.2, 0.25) is 11.8 Å². The first-order chi connectivity index (χ1) is 10.5. The van der Waals surface area contributed by atoms with Crippen molar-refractivity contribution >= 4 is 28.8 Å². The summed E-state index contributed by atoms with van der Waals surface area (Å²) in [4.78, 5) is 17.3. The average Bonchev–Trinajstić information content (AvgIpc) is 3.07. The van der Waals surface area contributed by atoms with Crippen LogP contribution in [-0.2, 0) is 11.2 Å². The second-order valence-electron chi connectivity index (χ2n) is 5.49. The Balaban J connectivity index is 1.73. The molecule has 0 aliphatic carbocycles. The second kappa shape index (κ2) is 7.74. The molecular formula is C15H20ClN3O2S. The van der Waals surface area contributed by atoms with E-state index in [0.717, 1.165) is 9.21 Å². The number of halogens is 1. The lowest BCUT2D eigenvalue weighted by molar-refractivity contribution is -0.121. The number of hydrogen-bond donors (Lipinski definition) is 1. The van der Waals surface area contributed by atoms with E-state index in [-0.39, 0.29) is 17.9 Å². The lowest BCUT2D eigenvalue weighted by Gasteiger charge is -2.11. The minimum Gasteiger partial charge on any atom is -0.349 e. The molecule has 1 N–H and O–H groups in total. The summed E-state index contributed by atoms with van der Waals surface area (Å²) in [6.45, 7) is 5.98. The predicted molar refractivity (Wildman–Crippen MR) is 87.2 cm³/mol. The van der Waals surface area contributed by atoms with Crippen molar-refractivity contribution in [2.45, 2.75) is 52.0 Å². The third-order valence-electron chi connectivity index (χ3n) is 3.19. The number of aryl methyl sites for hydroxylation is 1. The molecule has 1 amide bonds. The number of aromatic nitrogens is 2. The van der Waals surface area contributed by atoms with E-state index >= 15 is 0 Å². The maximum Gasteiger partial charge on any atom is 0.226 e. The van der Waals surface area contributed by atoms with Crippen LogP contribution >= 0.6 is 22.9 Å². The van der Waals surface area contributed by atoms with Gasteiger partial charge in [-0.05, 0) is 25.5 Å². The van der Waals surface area contributed by atoms with Crippen LogP contribution in [0.5, 0.6) is 0 Å². The van der Waals surface area contributed by atoms with E-state index in [1.54, 1.807) is 0 Å². The molecule has 2 heterocycles. The van der Waals surface area contributed by atoms with Gasteiger partial charge < -0.3 is 9.84 Å². The largest absolute Gasteiger partial charge is 0.349 e. The summed E-state index contributed by atoms with van der Waals surface area (Å²) in [5.74, 6) is 1.57. The van der Waals surface area contributed by atoms with E-state index in [2.05, 4.69) is 15.5 Å². The molecule has 0 aromatic carbocycles. The van der Waals surface area contributed by atoms with E-state index in [1.165, 1.54) is 11.3 Å². The summed E-state index contributed by atoms with van der Waals surface area (Å²) in [6.07, 6.45) is 1.73. The summed E-state index contributed by atoms with van der Waals surface area (Å²) >= 11 is 7.38. The van der Waals surface area contributed by atoms with Crippen LogP contribution in [0.1, 0.15) is 62.2 Å². The molecule has 0 fully saturated rings. The number of carbonyl (C=O) groups is 1. The van der Waals surface area contributed by atoms with Crippen LogP contribution < -0.4 is 5.32 Å². The zero-order valence-electron chi connectivity index (χ0n) is 12.9. The summed E-state index contributed by atoms with van der Waals surface area (Å²) in [5.41, 5.74) is 0. The first-order valence-electron chi connectivity index (χ1n) is 7.32. The molecule has 5 nitrogen and oxygen atoms in total. The van der Waals surface area contributed by atoms with Gasteiger partial charge in [-0.15, -0.1) is 11.3 Å². The van der Waals surface area contributed by atoms with Crippen LogP contribution in [0.4, 0.5) is 0 Å². The lowest BCUT2D eigenvalue weighted by atomic mass is 10.2. The van der Waals surface area contributed by atoms with Gasteiger partial charge in [0.25, 0.3) is 0 Å². The van der Waals surface area contributed by atoms with Crippen molar-refractivity contribution in [3.8, 4) is 0 Å². The first kappa shape index (κ1) is 17.0. The van der Waals surface area contributed by atoms with Gasteiger partial charge in [-0.1, -0.05) is 30.6 Å². The van der Waals surface area contributed by atoms with Crippen molar-refractivity contribution in [3.05, 3.63) is 33.1 Å². The van der Waals surface area contributed by atoms with Gasteiger partial charge in [0.1, 0.15) is 0 Å². The zero-order chi connectivity index (χ0) is 16.1. The molecule has 0 aliphatic heterocycles. The number of nitrogens with one attached hydrogen (secondary N) is 1. The Morgan fingerprint density at radius 3 is 2.77 bits per heavy atom. The van der Waals surface area contributed by atoms with Gasteiger partial charge in [-0.2, -0.15) is 4.98 Å². The molecule has 7 heteroatoms. The van der Waals surface area contributed by atoms with Gasteiger partial charge in [-0.3, -0.25) is 4.79 Å². The Kier molecular flexibility index (Phi) is 5.97. The number of hydrogen-bond acceptors (Lipinski definition) is 5. The first-order valence-corrected chi connectivity index (χ1v) is 8.52. The molecule has 120 valence electrons. The highest BCUT2D eigenvalue weighted by Crippen LogP contribution is 2.26.